The van der Waals surface area contributed by atoms with Crippen LogP contribution in [0.25, 0.3) is 0 Å². The van der Waals surface area contributed by atoms with Gasteiger partial charge in [0.2, 0.25) is 0 Å². The van der Waals surface area contributed by atoms with Gasteiger partial charge in [0.1, 0.15) is 5.54 Å². The van der Waals surface area contributed by atoms with Crippen LogP contribution < -0.4 is 5.32 Å². The molecule has 1 aliphatic heterocycles. The van der Waals surface area contributed by atoms with Gasteiger partial charge in [-0.15, -0.1) is 0 Å². The molecule has 2 unspecified atom stereocenters. The molecule has 4 heteroatoms. The van der Waals surface area contributed by atoms with Crippen LogP contribution in [0.2, 0.25) is 0 Å². The highest BCUT2D eigenvalue weighted by Crippen LogP contribution is 2.33. The minimum atomic E-state index is -0.552. The predicted molar refractivity (Wildman–Crippen MR) is 85.2 cm³/mol. The van der Waals surface area contributed by atoms with Crippen LogP contribution in [-0.4, -0.2) is 48.2 Å². The van der Waals surface area contributed by atoms with Crippen LogP contribution in [0.4, 0.5) is 0 Å². The van der Waals surface area contributed by atoms with Gasteiger partial charge in [0.15, 0.2) is 0 Å². The molecule has 1 heterocycles. The third kappa shape index (κ3) is 4.43. The van der Waals surface area contributed by atoms with Crippen LogP contribution in [0.3, 0.4) is 0 Å². The number of esters is 1. The number of likely N-dealkylation sites (tertiary alicyclic amines) is 1. The Hall–Kier alpha value is -0.610. The maximum Gasteiger partial charge on any atom is 0.326 e. The number of hydrogen-bond acceptors (Lipinski definition) is 4. The zero-order valence-corrected chi connectivity index (χ0v) is 14.4. The fourth-order valence-electron chi connectivity index (χ4n) is 3.42. The molecule has 0 aromatic heterocycles. The quantitative estimate of drug-likeness (QED) is 0.733. The molecule has 2 aliphatic rings. The van der Waals surface area contributed by atoms with E-state index >= 15 is 0 Å². The van der Waals surface area contributed by atoms with Crippen molar-refractivity contribution in [3.63, 3.8) is 0 Å². The molecule has 1 aliphatic carbocycles. The zero-order valence-electron chi connectivity index (χ0n) is 14.4. The standard InChI is InChI=1S/C17H32N2O2/c1-6-21-15(20)17(5,18-14-7-8-14)11-13(2)19-10-9-16(3,4)12-19/h13-14,18H,6-12H2,1-5H3. The van der Waals surface area contributed by atoms with Crippen LogP contribution in [0.15, 0.2) is 0 Å². The monoisotopic (exact) mass is 296 g/mol. The van der Waals surface area contributed by atoms with Crippen molar-refractivity contribution in [2.45, 2.75) is 77.9 Å². The molecule has 1 saturated heterocycles. The van der Waals surface area contributed by atoms with Crippen molar-refractivity contribution < 1.29 is 9.53 Å². The summed E-state index contributed by atoms with van der Waals surface area (Å²) in [5.41, 5.74) is -0.151. The average molecular weight is 296 g/mol. The van der Waals surface area contributed by atoms with Gasteiger partial charge in [-0.3, -0.25) is 10.1 Å². The van der Waals surface area contributed by atoms with E-state index in [1.807, 2.05) is 13.8 Å². The number of carbonyl (C=O) groups is 1. The second-order valence-corrected chi connectivity index (χ2v) is 7.91. The lowest BCUT2D eigenvalue weighted by atomic mass is 9.91. The first kappa shape index (κ1) is 16.8. The second-order valence-electron chi connectivity index (χ2n) is 7.91. The second kappa shape index (κ2) is 6.25. The summed E-state index contributed by atoms with van der Waals surface area (Å²) in [5, 5.41) is 3.53. The van der Waals surface area contributed by atoms with E-state index in [9.17, 15) is 4.79 Å². The van der Waals surface area contributed by atoms with Crippen LogP contribution in [0, 0.1) is 5.41 Å². The molecule has 1 saturated carbocycles. The average Bonchev–Trinajstić information content (AvgIpc) is 3.10. The van der Waals surface area contributed by atoms with Gasteiger partial charge in [-0.05, 0) is 58.4 Å². The normalized spacial score (nSPS) is 26.3. The van der Waals surface area contributed by atoms with Gasteiger partial charge in [0.05, 0.1) is 6.61 Å². The molecule has 0 bridgehead atoms. The highest BCUT2D eigenvalue weighted by molar-refractivity contribution is 5.80. The van der Waals surface area contributed by atoms with E-state index in [1.165, 1.54) is 19.3 Å². The van der Waals surface area contributed by atoms with Gasteiger partial charge in [0, 0.05) is 18.6 Å². The van der Waals surface area contributed by atoms with Gasteiger partial charge in [-0.25, -0.2) is 0 Å². The van der Waals surface area contributed by atoms with E-state index in [-0.39, 0.29) is 5.97 Å². The third-order valence-electron chi connectivity index (χ3n) is 4.86. The summed E-state index contributed by atoms with van der Waals surface area (Å²) in [4.78, 5) is 14.9. The van der Waals surface area contributed by atoms with Crippen molar-refractivity contribution >= 4 is 5.97 Å². The van der Waals surface area contributed by atoms with Crippen molar-refractivity contribution in [3.8, 4) is 0 Å². The Labute approximate surface area is 129 Å². The third-order valence-corrected chi connectivity index (χ3v) is 4.86. The van der Waals surface area contributed by atoms with E-state index in [0.717, 1.165) is 19.5 Å². The first-order valence-electron chi connectivity index (χ1n) is 8.45. The fraction of sp³-hybridized carbons (Fsp3) is 0.941. The Morgan fingerprint density at radius 3 is 2.62 bits per heavy atom. The molecule has 4 nitrogen and oxygen atoms in total. The van der Waals surface area contributed by atoms with E-state index in [1.54, 1.807) is 0 Å². The largest absolute Gasteiger partial charge is 0.465 e. The minimum absolute atomic E-state index is 0.0952. The van der Waals surface area contributed by atoms with Crippen LogP contribution in [0.5, 0.6) is 0 Å². The number of carbonyl (C=O) groups excluding carboxylic acids is 1. The first-order valence-corrected chi connectivity index (χ1v) is 8.45. The van der Waals surface area contributed by atoms with Crippen LogP contribution in [-0.2, 0) is 9.53 Å². The lowest BCUT2D eigenvalue weighted by molar-refractivity contribution is -0.151. The van der Waals surface area contributed by atoms with Crippen molar-refractivity contribution in [1.82, 2.24) is 10.2 Å². The summed E-state index contributed by atoms with van der Waals surface area (Å²) in [6, 6.07) is 0.897. The molecule has 122 valence electrons. The summed E-state index contributed by atoms with van der Waals surface area (Å²) < 4.78 is 5.32. The molecule has 21 heavy (non-hydrogen) atoms. The van der Waals surface area contributed by atoms with Crippen molar-refractivity contribution in [2.75, 3.05) is 19.7 Å². The van der Waals surface area contributed by atoms with Crippen molar-refractivity contribution in [3.05, 3.63) is 0 Å². The maximum atomic E-state index is 12.4. The first-order chi connectivity index (χ1) is 9.76. The Morgan fingerprint density at radius 2 is 2.14 bits per heavy atom. The molecule has 0 spiro atoms. The highest BCUT2D eigenvalue weighted by Gasteiger charge is 2.42. The molecular formula is C17H32N2O2. The Bertz CT molecular complexity index is 379. The number of nitrogens with zero attached hydrogens (tertiary/aromatic N) is 1. The van der Waals surface area contributed by atoms with Crippen LogP contribution in [0.1, 0.15) is 60.3 Å². The summed E-state index contributed by atoms with van der Waals surface area (Å²) in [7, 11) is 0. The number of rotatable bonds is 7. The lowest BCUT2D eigenvalue weighted by Gasteiger charge is -2.35. The van der Waals surface area contributed by atoms with Crippen molar-refractivity contribution in [2.24, 2.45) is 5.41 Å². The smallest absolute Gasteiger partial charge is 0.326 e. The van der Waals surface area contributed by atoms with Gasteiger partial charge in [-0.1, -0.05) is 13.8 Å². The minimum Gasteiger partial charge on any atom is -0.465 e. The SMILES string of the molecule is CCOC(=O)C(C)(CC(C)N1CCC(C)(C)C1)NC1CC1. The molecule has 0 aromatic rings. The van der Waals surface area contributed by atoms with Crippen molar-refractivity contribution in [1.29, 1.82) is 0 Å². The summed E-state index contributed by atoms with van der Waals surface area (Å²) in [6.45, 7) is 13.5. The molecule has 0 aromatic carbocycles. The lowest BCUT2D eigenvalue weighted by Crippen LogP contribution is -2.55. The Kier molecular flexibility index (Phi) is 4.99. The number of ether oxygens (including phenoxy) is 1. The molecule has 0 radical (unpaired) electrons. The summed E-state index contributed by atoms with van der Waals surface area (Å²) in [6.07, 6.45) is 4.42. The molecule has 1 N–H and O–H groups in total. The summed E-state index contributed by atoms with van der Waals surface area (Å²) >= 11 is 0. The van der Waals surface area contributed by atoms with E-state index in [2.05, 4.69) is 31.0 Å². The molecule has 2 rings (SSSR count). The number of nitrogens with one attached hydrogen (secondary N) is 1. The highest BCUT2D eigenvalue weighted by atomic mass is 16.5. The van der Waals surface area contributed by atoms with Gasteiger partial charge in [-0.2, -0.15) is 0 Å². The van der Waals surface area contributed by atoms with Gasteiger partial charge < -0.3 is 9.64 Å². The van der Waals surface area contributed by atoms with Crippen LogP contribution >= 0.6 is 0 Å². The zero-order chi connectivity index (χ0) is 15.7. The Balaban J connectivity index is 1.98. The van der Waals surface area contributed by atoms with Gasteiger partial charge >= 0.3 is 5.97 Å². The molecule has 2 atom stereocenters. The summed E-state index contributed by atoms with van der Waals surface area (Å²) in [5.74, 6) is -0.0952. The van der Waals surface area contributed by atoms with E-state index in [4.69, 9.17) is 4.74 Å². The number of hydrogen-bond donors (Lipinski definition) is 1. The maximum absolute atomic E-state index is 12.4. The van der Waals surface area contributed by atoms with E-state index < -0.39 is 5.54 Å². The van der Waals surface area contributed by atoms with Gasteiger partial charge in [0.25, 0.3) is 0 Å². The van der Waals surface area contributed by atoms with E-state index in [0.29, 0.717) is 24.1 Å². The topological polar surface area (TPSA) is 41.6 Å². The Morgan fingerprint density at radius 1 is 1.48 bits per heavy atom. The molecule has 0 amide bonds. The molecular weight excluding hydrogens is 264 g/mol. The predicted octanol–water partition coefficient (Wildman–Crippen LogP) is 2.57. The molecule has 2 fully saturated rings. The fourth-order valence-corrected chi connectivity index (χ4v) is 3.42.